The van der Waals surface area contributed by atoms with Crippen LogP contribution in [0.2, 0.25) is 0 Å². The van der Waals surface area contributed by atoms with Crippen LogP contribution in [0.3, 0.4) is 0 Å². The molecule has 3 heterocycles. The van der Waals surface area contributed by atoms with Gasteiger partial charge in [0, 0.05) is 24.4 Å². The quantitative estimate of drug-likeness (QED) is 0.194. The van der Waals surface area contributed by atoms with Crippen LogP contribution >= 0.6 is 0 Å². The van der Waals surface area contributed by atoms with E-state index >= 15 is 0 Å². The number of nitrogens with zero attached hydrogens (tertiary/aromatic N) is 3. The molecule has 2 aromatic carbocycles. The number of hydrogen-bond donors (Lipinski definition) is 1. The van der Waals surface area contributed by atoms with Crippen molar-refractivity contribution in [1.82, 2.24) is 14.9 Å². The van der Waals surface area contributed by atoms with Crippen LogP contribution in [-0.2, 0) is 28.4 Å². The highest BCUT2D eigenvalue weighted by Crippen LogP contribution is 2.53. The Kier molecular flexibility index (Phi) is 9.22. The van der Waals surface area contributed by atoms with E-state index in [-0.39, 0.29) is 36.9 Å². The van der Waals surface area contributed by atoms with Crippen molar-refractivity contribution in [2.75, 3.05) is 13.1 Å². The van der Waals surface area contributed by atoms with Gasteiger partial charge in [-0.25, -0.2) is 9.97 Å². The van der Waals surface area contributed by atoms with Crippen molar-refractivity contribution in [3.63, 3.8) is 0 Å². The standard InChI is InChI=1S/C35H30F9N3O4/c1-32-8-3-9-47(32)16-19(10-18-4-2-5-21(11-18)51-35(42,43)44)12-27(48)29(31(32)50)30(49)25-14-23(25)22-7-6-20(33(36,37)38)13-24(22)26-15-28(34(39,40)41)46-17-45-26/h2,4-7,11,13,15,17,19,23,25,50H,3,8-10,12,14,16H2,1H3. The van der Waals surface area contributed by atoms with Crippen LogP contribution in [0.4, 0.5) is 39.5 Å². The number of aliphatic hydroxyl groups is 1. The van der Waals surface area contributed by atoms with Gasteiger partial charge >= 0.3 is 18.7 Å². The number of ether oxygens (including phenoxy) is 1. The Labute approximate surface area is 285 Å². The van der Waals surface area contributed by atoms with E-state index in [0.29, 0.717) is 43.4 Å². The third kappa shape index (κ3) is 7.60. The van der Waals surface area contributed by atoms with Gasteiger partial charge in [0.15, 0.2) is 11.6 Å². The normalized spacial score (nSPS) is 24.6. The van der Waals surface area contributed by atoms with Gasteiger partial charge in [0.25, 0.3) is 0 Å². The Hall–Kier alpha value is -4.47. The number of rotatable bonds is 7. The molecule has 2 fully saturated rings. The van der Waals surface area contributed by atoms with E-state index in [1.54, 1.807) is 13.0 Å². The number of alkyl halides is 9. The van der Waals surface area contributed by atoms with Crippen molar-refractivity contribution in [2.24, 2.45) is 11.8 Å². The highest BCUT2D eigenvalue weighted by molar-refractivity contribution is 6.22. The van der Waals surface area contributed by atoms with Gasteiger partial charge in [-0.2, -0.15) is 26.3 Å². The molecule has 1 N–H and O–H groups in total. The summed E-state index contributed by atoms with van der Waals surface area (Å²) >= 11 is 0. The number of ketones is 2. The number of aromatic nitrogens is 2. The van der Waals surface area contributed by atoms with Crippen LogP contribution in [0.25, 0.3) is 11.3 Å². The van der Waals surface area contributed by atoms with Gasteiger partial charge in [-0.1, -0.05) is 18.2 Å². The van der Waals surface area contributed by atoms with Crippen LogP contribution in [0.1, 0.15) is 60.9 Å². The summed E-state index contributed by atoms with van der Waals surface area (Å²) in [6, 6.07) is 8.33. The number of halogens is 9. The predicted molar refractivity (Wildman–Crippen MR) is 162 cm³/mol. The molecule has 51 heavy (non-hydrogen) atoms. The van der Waals surface area contributed by atoms with Gasteiger partial charge in [-0.15, -0.1) is 13.2 Å². The summed E-state index contributed by atoms with van der Waals surface area (Å²) in [5.41, 5.74) is -4.27. The van der Waals surface area contributed by atoms with Gasteiger partial charge in [-0.05, 0) is 92.4 Å². The van der Waals surface area contributed by atoms with Gasteiger partial charge in [0.2, 0.25) is 0 Å². The Morgan fingerprint density at radius 3 is 2.43 bits per heavy atom. The third-order valence-corrected chi connectivity index (χ3v) is 9.81. The molecule has 0 spiro atoms. The lowest BCUT2D eigenvalue weighted by molar-refractivity contribution is -0.274. The predicted octanol–water partition coefficient (Wildman–Crippen LogP) is 8.25. The third-order valence-electron chi connectivity index (χ3n) is 9.81. The highest BCUT2D eigenvalue weighted by atomic mass is 19.4. The summed E-state index contributed by atoms with van der Waals surface area (Å²) < 4.78 is 124. The first kappa shape index (κ1) is 36.3. The fourth-order valence-electron chi connectivity index (χ4n) is 7.27. The van der Waals surface area contributed by atoms with Crippen LogP contribution in [0.15, 0.2) is 66.2 Å². The average Bonchev–Trinajstić information content (AvgIpc) is 3.75. The minimum Gasteiger partial charge on any atom is -0.509 e. The zero-order valence-corrected chi connectivity index (χ0v) is 26.8. The average molecular weight is 728 g/mol. The molecule has 1 saturated heterocycles. The summed E-state index contributed by atoms with van der Waals surface area (Å²) in [6.07, 6.45) is -13.2. The van der Waals surface area contributed by atoms with E-state index in [1.165, 1.54) is 12.1 Å². The van der Waals surface area contributed by atoms with Gasteiger partial charge in [0.05, 0.1) is 16.8 Å². The molecule has 3 aliphatic rings. The molecule has 4 unspecified atom stereocenters. The van der Waals surface area contributed by atoms with Gasteiger partial charge in [-0.3, -0.25) is 14.5 Å². The number of Topliss-reactive ketones (excluding diaryl/α,β-unsaturated/α-hetero) is 2. The van der Waals surface area contributed by atoms with E-state index in [1.807, 2.05) is 4.90 Å². The molecule has 6 rings (SSSR count). The van der Waals surface area contributed by atoms with Crippen molar-refractivity contribution >= 4 is 11.6 Å². The zero-order chi connectivity index (χ0) is 37.1. The van der Waals surface area contributed by atoms with Gasteiger partial charge < -0.3 is 9.84 Å². The lowest BCUT2D eigenvalue weighted by atomic mass is 9.81. The van der Waals surface area contributed by atoms with Crippen LogP contribution in [-0.4, -0.2) is 56.5 Å². The van der Waals surface area contributed by atoms with Crippen molar-refractivity contribution in [1.29, 1.82) is 0 Å². The number of fused-ring (bicyclic) bond motifs is 1. The number of hydrogen-bond acceptors (Lipinski definition) is 7. The van der Waals surface area contributed by atoms with Crippen LogP contribution in [0.5, 0.6) is 5.75 Å². The lowest BCUT2D eigenvalue weighted by Crippen LogP contribution is -2.48. The monoisotopic (exact) mass is 727 g/mol. The van der Waals surface area contributed by atoms with Crippen molar-refractivity contribution in [2.45, 2.75) is 69.2 Å². The second-order valence-electron chi connectivity index (χ2n) is 13.3. The topological polar surface area (TPSA) is 92.6 Å². The molecule has 0 amide bonds. The summed E-state index contributed by atoms with van der Waals surface area (Å²) in [4.78, 5) is 36.9. The molecule has 1 aliphatic carbocycles. The summed E-state index contributed by atoms with van der Waals surface area (Å²) in [6.45, 7) is 2.48. The first-order valence-electron chi connectivity index (χ1n) is 16.0. The number of carbonyl (C=O) groups is 2. The Bertz CT molecular complexity index is 1890. The van der Waals surface area contributed by atoms with Crippen molar-refractivity contribution < 1.29 is 58.9 Å². The minimum atomic E-state index is -4.91. The summed E-state index contributed by atoms with van der Waals surface area (Å²) in [7, 11) is 0. The maximum atomic E-state index is 14.1. The Balaban J connectivity index is 1.31. The van der Waals surface area contributed by atoms with Crippen LogP contribution in [0, 0.1) is 11.8 Å². The van der Waals surface area contributed by atoms with Gasteiger partial charge in [0.1, 0.15) is 29.1 Å². The highest BCUT2D eigenvalue weighted by Gasteiger charge is 2.52. The maximum absolute atomic E-state index is 14.1. The molecule has 1 saturated carbocycles. The second-order valence-corrected chi connectivity index (χ2v) is 13.3. The largest absolute Gasteiger partial charge is 0.573 e. The van der Waals surface area contributed by atoms with E-state index in [4.69, 9.17) is 0 Å². The summed E-state index contributed by atoms with van der Waals surface area (Å²) in [5, 5.41) is 11.6. The first-order valence-corrected chi connectivity index (χ1v) is 16.0. The fourth-order valence-corrected chi connectivity index (χ4v) is 7.27. The smallest absolute Gasteiger partial charge is 0.509 e. The molecule has 3 aromatic rings. The number of carbonyl (C=O) groups excluding carboxylic acids is 2. The second kappa shape index (κ2) is 12.9. The van der Waals surface area contributed by atoms with E-state index in [0.717, 1.165) is 18.2 Å². The maximum Gasteiger partial charge on any atom is 0.573 e. The Morgan fingerprint density at radius 1 is 1.00 bits per heavy atom. The van der Waals surface area contributed by atoms with Crippen molar-refractivity contribution in [3.8, 4) is 17.0 Å². The molecule has 272 valence electrons. The fraction of sp³-hybridized carbons (Fsp3) is 0.429. The minimum absolute atomic E-state index is 0.0360. The number of aliphatic hydroxyl groups excluding tert-OH is 1. The van der Waals surface area contributed by atoms with E-state index in [9.17, 15) is 54.2 Å². The molecule has 1 aromatic heterocycles. The molecule has 7 nitrogen and oxygen atoms in total. The molecular formula is C35H30F9N3O4. The number of benzene rings is 2. The van der Waals surface area contributed by atoms with Crippen molar-refractivity contribution in [3.05, 3.63) is 88.6 Å². The molecular weight excluding hydrogens is 697 g/mol. The molecule has 0 bridgehead atoms. The molecule has 0 radical (unpaired) electrons. The lowest BCUT2D eigenvalue weighted by Gasteiger charge is -2.39. The first-order chi connectivity index (χ1) is 23.7. The van der Waals surface area contributed by atoms with E-state index < -0.39 is 87.6 Å². The Morgan fingerprint density at radius 2 is 1.75 bits per heavy atom. The summed E-state index contributed by atoms with van der Waals surface area (Å²) in [5.74, 6) is -4.59. The molecule has 4 atom stereocenters. The zero-order valence-electron chi connectivity index (χ0n) is 26.8. The van der Waals surface area contributed by atoms with Crippen LogP contribution < -0.4 is 4.74 Å². The molecule has 2 aliphatic heterocycles. The van der Waals surface area contributed by atoms with E-state index in [2.05, 4.69) is 14.7 Å². The SMILES string of the molecule is CC12CCCN1CC(Cc1cccc(OC(F)(F)F)c1)CC(=O)C(C(=O)C1CC1c1ccc(C(F)(F)F)cc1-c1cc(C(F)(F)F)ncn1)=C2O. The number of allylic oxidation sites excluding steroid dienone is 1. The molecule has 16 heteroatoms.